The number of hydrogen-bond donors (Lipinski definition) is 2. The minimum absolute atomic E-state index is 0.152. The number of aromatic amines is 1. The summed E-state index contributed by atoms with van der Waals surface area (Å²) in [5, 5.41) is 9.02. The highest BCUT2D eigenvalue weighted by Crippen LogP contribution is 2.18. The van der Waals surface area contributed by atoms with Crippen molar-refractivity contribution >= 4 is 17.0 Å². The van der Waals surface area contributed by atoms with Crippen LogP contribution in [0.4, 0.5) is 0 Å². The maximum atomic E-state index is 11.0. The molecule has 3 aromatic rings. The number of nitrogens with one attached hydrogen (secondary N) is 1. The zero-order valence-corrected chi connectivity index (χ0v) is 13.0. The maximum absolute atomic E-state index is 11.0. The van der Waals surface area contributed by atoms with E-state index in [-0.39, 0.29) is 11.7 Å². The summed E-state index contributed by atoms with van der Waals surface area (Å²) >= 11 is 0. The second kappa shape index (κ2) is 6.12. The van der Waals surface area contributed by atoms with Gasteiger partial charge in [0.05, 0.1) is 22.7 Å². The number of ether oxygens (including phenoxy) is 1. The van der Waals surface area contributed by atoms with E-state index in [0.717, 1.165) is 22.7 Å². The highest BCUT2D eigenvalue weighted by Gasteiger charge is 2.08. The molecule has 0 aliphatic carbocycles. The number of nitrogens with zero attached hydrogens (tertiary/aromatic N) is 1. The Bertz CT molecular complexity index is 835. The van der Waals surface area contributed by atoms with Gasteiger partial charge in [0.25, 0.3) is 0 Å². The van der Waals surface area contributed by atoms with Gasteiger partial charge in [-0.3, -0.25) is 0 Å². The molecule has 0 amide bonds. The molecule has 3 rings (SSSR count). The van der Waals surface area contributed by atoms with Crippen molar-refractivity contribution in [1.82, 2.24) is 9.97 Å². The molecule has 0 saturated carbocycles. The zero-order chi connectivity index (χ0) is 16.4. The van der Waals surface area contributed by atoms with Crippen LogP contribution >= 0.6 is 0 Å². The van der Waals surface area contributed by atoms with E-state index in [9.17, 15) is 4.79 Å². The Hall–Kier alpha value is -2.82. The van der Waals surface area contributed by atoms with Crippen molar-refractivity contribution in [3.8, 4) is 5.75 Å². The summed E-state index contributed by atoms with van der Waals surface area (Å²) in [6, 6.07) is 12.8. The van der Waals surface area contributed by atoms with Gasteiger partial charge < -0.3 is 14.8 Å². The molecular formula is C18H18N2O3. The van der Waals surface area contributed by atoms with Crippen molar-refractivity contribution in [1.29, 1.82) is 0 Å². The number of H-pyrrole nitrogens is 1. The van der Waals surface area contributed by atoms with E-state index >= 15 is 0 Å². The van der Waals surface area contributed by atoms with Crippen LogP contribution in [0.15, 0.2) is 42.5 Å². The van der Waals surface area contributed by atoms with Crippen molar-refractivity contribution in [2.24, 2.45) is 0 Å². The molecule has 0 aliphatic heterocycles. The van der Waals surface area contributed by atoms with Crippen LogP contribution in [0.25, 0.3) is 11.0 Å². The first kappa shape index (κ1) is 15.1. The number of benzene rings is 2. The molecule has 1 heterocycles. The third-order valence-electron chi connectivity index (χ3n) is 3.45. The molecule has 118 valence electrons. The topological polar surface area (TPSA) is 75.2 Å². The minimum Gasteiger partial charge on any atom is -0.491 e. The molecule has 0 fully saturated rings. The molecule has 2 aromatic carbocycles. The van der Waals surface area contributed by atoms with Gasteiger partial charge >= 0.3 is 5.97 Å². The van der Waals surface area contributed by atoms with E-state index in [1.807, 2.05) is 38.1 Å². The van der Waals surface area contributed by atoms with Gasteiger partial charge in [-0.2, -0.15) is 0 Å². The smallest absolute Gasteiger partial charge is 0.335 e. The van der Waals surface area contributed by atoms with Crippen LogP contribution < -0.4 is 4.74 Å². The summed E-state index contributed by atoms with van der Waals surface area (Å²) in [5.41, 5.74) is 2.86. The number of aromatic nitrogens is 2. The van der Waals surface area contributed by atoms with Crippen LogP contribution in [0.2, 0.25) is 0 Å². The lowest BCUT2D eigenvalue weighted by molar-refractivity contribution is 0.0697. The van der Waals surface area contributed by atoms with Crippen molar-refractivity contribution in [3.63, 3.8) is 0 Å². The van der Waals surface area contributed by atoms with E-state index in [0.29, 0.717) is 11.9 Å². The molecule has 0 bridgehead atoms. The predicted molar refractivity (Wildman–Crippen MR) is 88.1 cm³/mol. The molecule has 0 radical (unpaired) electrons. The lowest BCUT2D eigenvalue weighted by Gasteiger charge is -2.09. The molecule has 5 nitrogen and oxygen atoms in total. The summed E-state index contributed by atoms with van der Waals surface area (Å²) in [6.07, 6.45) is 0.804. The first-order valence-corrected chi connectivity index (χ1v) is 7.49. The highest BCUT2D eigenvalue weighted by molar-refractivity contribution is 5.92. The number of carbonyl (C=O) groups is 1. The van der Waals surface area contributed by atoms with Gasteiger partial charge in [-0.05, 0) is 49.7 Å². The summed E-state index contributed by atoms with van der Waals surface area (Å²) in [5.74, 6) is 0.705. The fraction of sp³-hybridized carbons (Fsp3) is 0.222. The average molecular weight is 310 g/mol. The number of imidazole rings is 1. The minimum atomic E-state index is -0.947. The zero-order valence-electron chi connectivity index (χ0n) is 13.0. The fourth-order valence-corrected chi connectivity index (χ4v) is 2.43. The Kier molecular flexibility index (Phi) is 4.02. The van der Waals surface area contributed by atoms with Crippen molar-refractivity contribution < 1.29 is 14.6 Å². The molecule has 2 N–H and O–H groups in total. The van der Waals surface area contributed by atoms with Gasteiger partial charge in [-0.15, -0.1) is 0 Å². The van der Waals surface area contributed by atoms with Gasteiger partial charge in [0, 0.05) is 6.42 Å². The van der Waals surface area contributed by atoms with Gasteiger partial charge in [0.2, 0.25) is 0 Å². The van der Waals surface area contributed by atoms with Gasteiger partial charge in [0.15, 0.2) is 0 Å². The number of carboxylic acid groups (broad SMARTS) is 1. The molecular weight excluding hydrogens is 292 g/mol. The molecule has 0 saturated heterocycles. The molecule has 0 unspecified atom stereocenters. The van der Waals surface area contributed by atoms with Crippen molar-refractivity contribution in [2.45, 2.75) is 26.4 Å². The number of fused-ring (bicyclic) bond motifs is 1. The van der Waals surface area contributed by atoms with Gasteiger partial charge in [-0.1, -0.05) is 12.1 Å². The average Bonchev–Trinajstić information content (AvgIpc) is 2.90. The first-order chi connectivity index (χ1) is 11.0. The normalized spacial score (nSPS) is 11.1. The standard InChI is InChI=1S/C18H18N2O3/c1-11(2)23-14-6-3-12(4-7-14)9-17-19-15-8-5-13(18(21)22)10-16(15)20-17/h3-8,10-11H,9H2,1-2H3,(H,19,20)(H,21,22). The molecule has 1 aromatic heterocycles. The van der Waals surface area contributed by atoms with E-state index in [2.05, 4.69) is 9.97 Å². The fourth-order valence-electron chi connectivity index (χ4n) is 2.43. The number of aromatic carboxylic acids is 1. The third kappa shape index (κ3) is 3.51. The lowest BCUT2D eigenvalue weighted by Crippen LogP contribution is -2.05. The Morgan fingerprint density at radius 3 is 2.61 bits per heavy atom. The molecule has 0 aliphatic rings. The largest absolute Gasteiger partial charge is 0.491 e. The van der Waals surface area contributed by atoms with E-state index in [1.54, 1.807) is 18.2 Å². The van der Waals surface area contributed by atoms with Crippen molar-refractivity contribution in [3.05, 3.63) is 59.4 Å². The predicted octanol–water partition coefficient (Wildman–Crippen LogP) is 3.64. The monoisotopic (exact) mass is 310 g/mol. The van der Waals surface area contributed by atoms with Crippen LogP contribution in [0, 0.1) is 0 Å². The Labute approximate surface area is 133 Å². The molecule has 5 heteroatoms. The van der Waals surface area contributed by atoms with Gasteiger partial charge in [-0.25, -0.2) is 9.78 Å². The summed E-state index contributed by atoms with van der Waals surface area (Å²) < 4.78 is 5.62. The molecule has 23 heavy (non-hydrogen) atoms. The van der Waals surface area contributed by atoms with Crippen LogP contribution in [-0.2, 0) is 6.42 Å². The summed E-state index contributed by atoms with van der Waals surface area (Å²) in [7, 11) is 0. The van der Waals surface area contributed by atoms with E-state index in [1.165, 1.54) is 0 Å². The number of carboxylic acids is 1. The first-order valence-electron chi connectivity index (χ1n) is 7.49. The van der Waals surface area contributed by atoms with Crippen LogP contribution in [0.5, 0.6) is 5.75 Å². The van der Waals surface area contributed by atoms with Crippen LogP contribution in [-0.4, -0.2) is 27.1 Å². The SMILES string of the molecule is CC(C)Oc1ccc(Cc2nc3cc(C(=O)O)ccc3[nH]2)cc1. The van der Waals surface area contributed by atoms with E-state index in [4.69, 9.17) is 9.84 Å². The van der Waals surface area contributed by atoms with Crippen LogP contribution in [0.3, 0.4) is 0 Å². The summed E-state index contributed by atoms with van der Waals surface area (Å²) in [4.78, 5) is 18.7. The quantitative estimate of drug-likeness (QED) is 0.754. The van der Waals surface area contributed by atoms with Gasteiger partial charge in [0.1, 0.15) is 11.6 Å². The molecule has 0 atom stereocenters. The third-order valence-corrected chi connectivity index (χ3v) is 3.45. The summed E-state index contributed by atoms with van der Waals surface area (Å²) in [6.45, 7) is 3.99. The second-order valence-electron chi connectivity index (χ2n) is 5.71. The number of rotatable bonds is 5. The second-order valence-corrected chi connectivity index (χ2v) is 5.71. The Balaban J connectivity index is 1.79. The van der Waals surface area contributed by atoms with E-state index < -0.39 is 5.97 Å². The van der Waals surface area contributed by atoms with Crippen molar-refractivity contribution in [2.75, 3.05) is 0 Å². The van der Waals surface area contributed by atoms with Crippen LogP contribution in [0.1, 0.15) is 35.6 Å². The lowest BCUT2D eigenvalue weighted by atomic mass is 10.1. The maximum Gasteiger partial charge on any atom is 0.335 e. The molecule has 0 spiro atoms. The number of hydrogen-bond acceptors (Lipinski definition) is 3. The Morgan fingerprint density at radius 2 is 1.96 bits per heavy atom. The Morgan fingerprint density at radius 1 is 1.22 bits per heavy atom. The highest BCUT2D eigenvalue weighted by atomic mass is 16.5.